The minimum Gasteiger partial charge on any atom is -0.493 e. The number of aliphatic hydroxyl groups excluding tert-OH is 1. The summed E-state index contributed by atoms with van der Waals surface area (Å²) in [7, 11) is 5.66. The SMILES string of the molecule is COc1cccc(CN(C)CCc2cnn(C)c2)c1OCC(O)CN1CCOCC1. The zero-order valence-electron chi connectivity index (χ0n) is 18.3. The molecule has 8 heteroatoms. The highest BCUT2D eigenvalue weighted by Crippen LogP contribution is 2.32. The quantitative estimate of drug-likeness (QED) is 0.587. The Morgan fingerprint density at radius 2 is 2.10 bits per heavy atom. The highest BCUT2D eigenvalue weighted by atomic mass is 16.5. The second kappa shape index (κ2) is 11.3. The molecule has 1 N–H and O–H groups in total. The van der Waals surface area contributed by atoms with Gasteiger partial charge in [-0.25, -0.2) is 0 Å². The van der Waals surface area contributed by atoms with E-state index < -0.39 is 6.10 Å². The molecule has 0 radical (unpaired) electrons. The molecule has 1 unspecified atom stereocenters. The van der Waals surface area contributed by atoms with E-state index in [9.17, 15) is 5.11 Å². The third-order valence-corrected chi connectivity index (χ3v) is 5.25. The first-order valence-corrected chi connectivity index (χ1v) is 10.5. The highest BCUT2D eigenvalue weighted by Gasteiger charge is 2.18. The van der Waals surface area contributed by atoms with Gasteiger partial charge < -0.3 is 24.2 Å². The van der Waals surface area contributed by atoms with Crippen molar-refractivity contribution in [2.45, 2.75) is 19.1 Å². The van der Waals surface area contributed by atoms with Gasteiger partial charge in [-0.05, 0) is 25.1 Å². The molecule has 1 aromatic carbocycles. The van der Waals surface area contributed by atoms with Crippen molar-refractivity contribution in [2.75, 3.05) is 60.2 Å². The number of methoxy groups -OCH3 is 1. The maximum atomic E-state index is 10.4. The molecule has 0 aliphatic carbocycles. The van der Waals surface area contributed by atoms with Gasteiger partial charge in [0, 0.05) is 51.5 Å². The average molecular weight is 419 g/mol. The summed E-state index contributed by atoms with van der Waals surface area (Å²) in [6.07, 6.45) is 4.32. The van der Waals surface area contributed by atoms with Crippen molar-refractivity contribution >= 4 is 0 Å². The number of hydrogen-bond donors (Lipinski definition) is 1. The van der Waals surface area contributed by atoms with E-state index in [2.05, 4.69) is 21.9 Å². The lowest BCUT2D eigenvalue weighted by molar-refractivity contribution is 0.00432. The number of benzene rings is 1. The number of aromatic nitrogens is 2. The summed E-state index contributed by atoms with van der Waals surface area (Å²) in [4.78, 5) is 4.45. The molecule has 30 heavy (non-hydrogen) atoms. The first-order chi connectivity index (χ1) is 14.5. The summed E-state index contributed by atoms with van der Waals surface area (Å²) in [5, 5.41) is 14.7. The third-order valence-electron chi connectivity index (χ3n) is 5.25. The zero-order chi connectivity index (χ0) is 21.3. The first kappa shape index (κ1) is 22.6. The summed E-state index contributed by atoms with van der Waals surface area (Å²) in [6, 6.07) is 5.91. The van der Waals surface area contributed by atoms with Crippen LogP contribution in [0.4, 0.5) is 0 Å². The van der Waals surface area contributed by atoms with Gasteiger partial charge in [-0.2, -0.15) is 5.10 Å². The number of hydrogen-bond acceptors (Lipinski definition) is 7. The summed E-state index contributed by atoms with van der Waals surface area (Å²) >= 11 is 0. The van der Waals surface area contributed by atoms with Gasteiger partial charge in [0.25, 0.3) is 0 Å². The number of para-hydroxylation sites is 1. The Labute approximate surface area is 178 Å². The smallest absolute Gasteiger partial charge is 0.165 e. The maximum absolute atomic E-state index is 10.4. The molecule has 166 valence electrons. The molecule has 1 aliphatic rings. The molecule has 2 aromatic rings. The fourth-order valence-electron chi connectivity index (χ4n) is 3.62. The molecule has 1 atom stereocenters. The summed E-state index contributed by atoms with van der Waals surface area (Å²) in [6.45, 7) is 5.57. The van der Waals surface area contributed by atoms with Crippen LogP contribution in [-0.2, 0) is 24.8 Å². The lowest BCUT2D eigenvalue weighted by Crippen LogP contribution is -2.42. The van der Waals surface area contributed by atoms with Crippen LogP contribution in [0.1, 0.15) is 11.1 Å². The molecular weight excluding hydrogens is 384 g/mol. The van der Waals surface area contributed by atoms with Gasteiger partial charge in [0.05, 0.1) is 26.5 Å². The van der Waals surface area contributed by atoms with Crippen molar-refractivity contribution in [2.24, 2.45) is 7.05 Å². The van der Waals surface area contributed by atoms with Crippen LogP contribution >= 0.6 is 0 Å². The number of ether oxygens (including phenoxy) is 3. The maximum Gasteiger partial charge on any atom is 0.165 e. The van der Waals surface area contributed by atoms with Crippen molar-refractivity contribution in [3.63, 3.8) is 0 Å². The number of likely N-dealkylation sites (N-methyl/N-ethyl adjacent to an activating group) is 1. The summed E-state index contributed by atoms with van der Waals surface area (Å²) in [5.74, 6) is 1.39. The Balaban J connectivity index is 1.56. The number of morpholine rings is 1. The molecule has 2 heterocycles. The Hall–Kier alpha value is -2.13. The van der Waals surface area contributed by atoms with E-state index in [-0.39, 0.29) is 6.61 Å². The number of rotatable bonds is 11. The topological polar surface area (TPSA) is 72.2 Å². The van der Waals surface area contributed by atoms with E-state index in [1.54, 1.807) is 7.11 Å². The second-order valence-corrected chi connectivity index (χ2v) is 7.84. The zero-order valence-corrected chi connectivity index (χ0v) is 18.3. The van der Waals surface area contributed by atoms with Gasteiger partial charge in [-0.3, -0.25) is 9.58 Å². The lowest BCUT2D eigenvalue weighted by Gasteiger charge is -2.28. The minimum absolute atomic E-state index is 0.226. The van der Waals surface area contributed by atoms with Crippen LogP contribution in [0.15, 0.2) is 30.6 Å². The fourth-order valence-corrected chi connectivity index (χ4v) is 3.62. The second-order valence-electron chi connectivity index (χ2n) is 7.84. The van der Waals surface area contributed by atoms with Gasteiger partial charge in [-0.1, -0.05) is 12.1 Å². The largest absolute Gasteiger partial charge is 0.493 e. The van der Waals surface area contributed by atoms with Gasteiger partial charge >= 0.3 is 0 Å². The molecule has 1 fully saturated rings. The van der Waals surface area contributed by atoms with Crippen molar-refractivity contribution in [3.8, 4) is 11.5 Å². The third kappa shape index (κ3) is 6.70. The van der Waals surface area contributed by atoms with Crippen molar-refractivity contribution in [1.82, 2.24) is 19.6 Å². The number of nitrogens with zero attached hydrogens (tertiary/aromatic N) is 4. The van der Waals surface area contributed by atoms with Crippen LogP contribution in [-0.4, -0.2) is 90.9 Å². The molecule has 0 amide bonds. The van der Waals surface area contributed by atoms with E-state index in [1.165, 1.54) is 5.56 Å². The van der Waals surface area contributed by atoms with Crippen LogP contribution in [0.5, 0.6) is 11.5 Å². The van der Waals surface area contributed by atoms with Gasteiger partial charge in [0.2, 0.25) is 0 Å². The number of aryl methyl sites for hydroxylation is 1. The van der Waals surface area contributed by atoms with Crippen LogP contribution in [0, 0.1) is 0 Å². The molecule has 0 bridgehead atoms. The van der Waals surface area contributed by atoms with Crippen molar-refractivity contribution in [3.05, 3.63) is 41.7 Å². The van der Waals surface area contributed by atoms with E-state index in [4.69, 9.17) is 14.2 Å². The Morgan fingerprint density at radius 3 is 2.80 bits per heavy atom. The monoisotopic (exact) mass is 418 g/mol. The summed E-state index contributed by atoms with van der Waals surface area (Å²) in [5.41, 5.74) is 2.26. The van der Waals surface area contributed by atoms with Gasteiger partial charge in [-0.15, -0.1) is 0 Å². The van der Waals surface area contributed by atoms with Crippen molar-refractivity contribution < 1.29 is 19.3 Å². The van der Waals surface area contributed by atoms with E-state index in [1.807, 2.05) is 42.3 Å². The molecule has 0 saturated carbocycles. The lowest BCUT2D eigenvalue weighted by atomic mass is 10.1. The molecule has 1 aromatic heterocycles. The normalized spacial score (nSPS) is 16.0. The van der Waals surface area contributed by atoms with Crippen LogP contribution < -0.4 is 9.47 Å². The Bertz CT molecular complexity index is 776. The van der Waals surface area contributed by atoms with Gasteiger partial charge in [0.1, 0.15) is 12.7 Å². The van der Waals surface area contributed by atoms with Crippen LogP contribution in [0.3, 0.4) is 0 Å². The summed E-state index contributed by atoms with van der Waals surface area (Å²) < 4.78 is 18.8. The average Bonchev–Trinajstić information content (AvgIpc) is 3.17. The first-order valence-electron chi connectivity index (χ1n) is 10.5. The molecule has 8 nitrogen and oxygen atoms in total. The number of β-amino-alcohol motifs (C(OH)–C–C–N with tert-alkyl or cyclic N) is 1. The predicted octanol–water partition coefficient (Wildman–Crippen LogP) is 1.18. The van der Waals surface area contributed by atoms with Crippen LogP contribution in [0.25, 0.3) is 0 Å². The molecule has 3 rings (SSSR count). The molecule has 1 aliphatic heterocycles. The van der Waals surface area contributed by atoms with E-state index >= 15 is 0 Å². The van der Waals surface area contributed by atoms with Crippen molar-refractivity contribution in [1.29, 1.82) is 0 Å². The Kier molecular flexibility index (Phi) is 8.50. The van der Waals surface area contributed by atoms with Gasteiger partial charge in [0.15, 0.2) is 11.5 Å². The van der Waals surface area contributed by atoms with E-state index in [0.29, 0.717) is 18.0 Å². The molecule has 1 saturated heterocycles. The van der Waals surface area contributed by atoms with Crippen LogP contribution in [0.2, 0.25) is 0 Å². The molecular formula is C22H34N4O4. The Morgan fingerprint density at radius 1 is 1.30 bits per heavy atom. The number of aliphatic hydroxyl groups is 1. The predicted molar refractivity (Wildman–Crippen MR) is 115 cm³/mol. The highest BCUT2D eigenvalue weighted by molar-refractivity contribution is 5.46. The minimum atomic E-state index is -0.566. The standard InChI is InChI=1S/C22H34N4O4/c1-24(8-7-18-13-23-25(2)14-18)15-19-5-4-6-21(28-3)22(19)30-17-20(27)16-26-9-11-29-12-10-26/h4-6,13-14,20,27H,7-12,15-17H2,1-3H3. The fraction of sp³-hybridized carbons (Fsp3) is 0.591. The van der Waals surface area contributed by atoms with E-state index in [0.717, 1.165) is 51.4 Å². The molecule has 0 spiro atoms.